The highest BCUT2D eigenvalue weighted by atomic mass is 16.8. The number of ether oxygens (including phenoxy) is 1. The van der Waals surface area contributed by atoms with Crippen LogP contribution >= 0.6 is 0 Å². The smallest absolute Gasteiger partial charge is 0.383 e. The van der Waals surface area contributed by atoms with Gasteiger partial charge in [0.2, 0.25) is 5.82 Å². The van der Waals surface area contributed by atoms with Crippen molar-refractivity contribution in [3.05, 3.63) is 6.07 Å². The van der Waals surface area contributed by atoms with Crippen LogP contribution < -0.4 is 25.9 Å². The zero-order valence-corrected chi connectivity index (χ0v) is 14.5. The second-order valence-corrected chi connectivity index (χ2v) is 6.58. The molecular formula is C15H24N5O7+. The van der Waals surface area contributed by atoms with Crippen molar-refractivity contribution in [2.24, 2.45) is 0 Å². The van der Waals surface area contributed by atoms with Crippen LogP contribution in [-0.4, -0.2) is 75.2 Å². The summed E-state index contributed by atoms with van der Waals surface area (Å²) in [5.74, 6) is -1.04. The molecule has 1 aromatic heterocycles. The van der Waals surface area contributed by atoms with Crippen molar-refractivity contribution in [2.45, 2.75) is 50.0 Å². The second-order valence-electron chi connectivity index (χ2n) is 6.58. The number of aliphatic hydroxyl groups is 3. The first-order valence-electron chi connectivity index (χ1n) is 8.62. The Morgan fingerprint density at radius 1 is 1.19 bits per heavy atom. The van der Waals surface area contributed by atoms with Crippen molar-refractivity contribution in [3.63, 3.8) is 0 Å². The highest BCUT2D eigenvalue weighted by molar-refractivity contribution is 5.73. The fraction of sp³-hybridized carbons (Fsp3) is 0.667. The molecule has 0 radical (unpaired) electrons. The Hall–Kier alpha value is -2.41. The summed E-state index contributed by atoms with van der Waals surface area (Å²) in [6, 6.07) is 1.54. The van der Waals surface area contributed by atoms with Gasteiger partial charge in [-0.2, -0.15) is 0 Å². The van der Waals surface area contributed by atoms with Gasteiger partial charge in [-0.15, -0.1) is 0 Å². The van der Waals surface area contributed by atoms with Crippen molar-refractivity contribution >= 4 is 23.6 Å². The van der Waals surface area contributed by atoms with Gasteiger partial charge in [0, 0.05) is 13.1 Å². The first kappa shape index (κ1) is 19.4. The Morgan fingerprint density at radius 2 is 1.85 bits per heavy atom. The number of nitrogens with zero attached hydrogens (tertiary/aromatic N) is 3. The van der Waals surface area contributed by atoms with Gasteiger partial charge in [0.05, 0.1) is 6.07 Å². The lowest BCUT2D eigenvalue weighted by Gasteiger charge is -2.37. The molecule has 12 nitrogen and oxygen atoms in total. The lowest BCUT2D eigenvalue weighted by atomic mass is 9.99. The van der Waals surface area contributed by atoms with Crippen LogP contribution in [0, 0.1) is 0 Å². The Balaban J connectivity index is 1.81. The standard InChI is InChI=1S/C15H23N5O7/c16-7-6-8(19-4-2-1-3-5-19)18-15(17)20(7)27-14-11(23)9(21)10(22)12(26-14)13(24)25/h6,9-12,14,21-23H,1-5H2,(H4,16,17,18,24,25)/p+1/t9-,10+,11-,12+,14+/m1/s1. The van der Waals surface area contributed by atoms with E-state index in [1.165, 1.54) is 6.07 Å². The number of piperidine rings is 1. The third-order valence-electron chi connectivity index (χ3n) is 4.65. The van der Waals surface area contributed by atoms with Crippen LogP contribution in [0.15, 0.2) is 6.07 Å². The molecule has 27 heavy (non-hydrogen) atoms. The van der Waals surface area contributed by atoms with Crippen LogP contribution in [-0.2, 0) is 9.53 Å². The number of nitrogens with two attached hydrogens (primary N) is 2. The van der Waals surface area contributed by atoms with Crippen molar-refractivity contribution in [3.8, 4) is 0 Å². The highest BCUT2D eigenvalue weighted by Gasteiger charge is 2.49. The number of carboxylic acids is 1. The summed E-state index contributed by atoms with van der Waals surface area (Å²) < 4.78 is 5.93. The summed E-state index contributed by atoms with van der Waals surface area (Å²) in [6.45, 7) is 1.65. The summed E-state index contributed by atoms with van der Waals surface area (Å²) in [4.78, 5) is 22.8. The Labute approximate surface area is 154 Å². The molecule has 1 aromatic rings. The molecule has 2 fully saturated rings. The monoisotopic (exact) mass is 386 g/mol. The van der Waals surface area contributed by atoms with Gasteiger partial charge in [-0.1, -0.05) is 4.98 Å². The lowest BCUT2D eigenvalue weighted by molar-refractivity contribution is -0.889. The van der Waals surface area contributed by atoms with E-state index < -0.39 is 36.7 Å². The maximum absolute atomic E-state index is 11.2. The maximum atomic E-state index is 11.2. The third kappa shape index (κ3) is 3.83. The van der Waals surface area contributed by atoms with Crippen LogP contribution in [0.3, 0.4) is 0 Å². The molecule has 0 bridgehead atoms. The van der Waals surface area contributed by atoms with Crippen LogP contribution in [0.4, 0.5) is 17.6 Å². The van der Waals surface area contributed by atoms with E-state index >= 15 is 0 Å². The number of carboxylic acid groups (broad SMARTS) is 1. The van der Waals surface area contributed by atoms with Gasteiger partial charge in [0.15, 0.2) is 11.9 Å². The number of rotatable bonds is 4. The number of aliphatic hydroxyl groups excluding tert-OH is 3. The van der Waals surface area contributed by atoms with E-state index in [1.54, 1.807) is 0 Å². The summed E-state index contributed by atoms with van der Waals surface area (Å²) in [6.07, 6.45) is -5.57. The first-order chi connectivity index (χ1) is 12.8. The third-order valence-corrected chi connectivity index (χ3v) is 4.65. The molecule has 0 unspecified atom stereocenters. The van der Waals surface area contributed by atoms with Gasteiger partial charge in [0.1, 0.15) is 18.3 Å². The van der Waals surface area contributed by atoms with Gasteiger partial charge >= 0.3 is 11.9 Å². The molecule has 150 valence electrons. The highest BCUT2D eigenvalue weighted by Crippen LogP contribution is 2.22. The number of nitrogen functional groups attached to an aromatic ring is 2. The van der Waals surface area contributed by atoms with E-state index in [0.717, 1.165) is 37.1 Å². The van der Waals surface area contributed by atoms with E-state index in [2.05, 4.69) is 4.98 Å². The predicted molar refractivity (Wildman–Crippen MR) is 90.2 cm³/mol. The van der Waals surface area contributed by atoms with E-state index in [1.807, 2.05) is 4.90 Å². The summed E-state index contributed by atoms with van der Waals surface area (Å²) in [7, 11) is 0. The molecule has 0 aromatic carbocycles. The predicted octanol–water partition coefficient (Wildman–Crippen LogP) is -3.16. The topological polar surface area (TPSA) is 188 Å². The molecule has 12 heteroatoms. The summed E-state index contributed by atoms with van der Waals surface area (Å²) >= 11 is 0. The maximum Gasteiger partial charge on any atom is 0.383 e. The Morgan fingerprint density at radius 3 is 2.44 bits per heavy atom. The molecule has 0 aliphatic carbocycles. The van der Waals surface area contributed by atoms with Crippen LogP contribution in [0.1, 0.15) is 19.3 Å². The minimum absolute atomic E-state index is 0.0476. The molecule has 0 spiro atoms. The molecule has 0 saturated carbocycles. The molecule has 2 saturated heterocycles. The average Bonchev–Trinajstić information content (AvgIpc) is 2.64. The number of anilines is 3. The van der Waals surface area contributed by atoms with E-state index in [4.69, 9.17) is 26.1 Å². The van der Waals surface area contributed by atoms with Crippen LogP contribution in [0.25, 0.3) is 0 Å². The number of carbonyl (C=O) groups is 1. The molecule has 2 aliphatic heterocycles. The largest absolute Gasteiger partial charge is 0.479 e. The number of hydrogen-bond donors (Lipinski definition) is 6. The van der Waals surface area contributed by atoms with Crippen molar-refractivity contribution < 1.29 is 39.5 Å². The fourth-order valence-electron chi connectivity index (χ4n) is 3.16. The molecule has 3 heterocycles. The molecule has 0 amide bonds. The van der Waals surface area contributed by atoms with Gasteiger partial charge in [-0.25, -0.2) is 4.79 Å². The number of hydrogen-bond acceptors (Lipinski definition) is 10. The quantitative estimate of drug-likeness (QED) is 0.287. The lowest BCUT2D eigenvalue weighted by Crippen LogP contribution is -2.66. The number of aliphatic carboxylic acids is 1. The van der Waals surface area contributed by atoms with E-state index in [0.29, 0.717) is 5.82 Å². The second kappa shape index (κ2) is 7.68. The van der Waals surface area contributed by atoms with Gasteiger partial charge in [-0.3, -0.25) is 0 Å². The SMILES string of the molecule is Nc1cc(N2CCCCC2)nc(N)[n+]1O[C@@H]1O[C@H](C(=O)O)[C@@H](O)[C@@H](O)[C@H]1O. The number of aromatic nitrogens is 2. The van der Waals surface area contributed by atoms with Gasteiger partial charge < -0.3 is 46.4 Å². The minimum Gasteiger partial charge on any atom is -0.479 e. The van der Waals surface area contributed by atoms with E-state index in [-0.39, 0.29) is 11.8 Å². The van der Waals surface area contributed by atoms with Crippen LogP contribution in [0.2, 0.25) is 0 Å². The van der Waals surface area contributed by atoms with Crippen molar-refractivity contribution in [2.75, 3.05) is 29.5 Å². The van der Waals surface area contributed by atoms with Crippen LogP contribution in [0.5, 0.6) is 0 Å². The molecular weight excluding hydrogens is 362 g/mol. The average molecular weight is 386 g/mol. The van der Waals surface area contributed by atoms with Crippen molar-refractivity contribution in [1.82, 2.24) is 4.98 Å². The zero-order valence-electron chi connectivity index (χ0n) is 14.5. The molecule has 5 atom stereocenters. The first-order valence-corrected chi connectivity index (χ1v) is 8.62. The van der Waals surface area contributed by atoms with Gasteiger partial charge in [-0.05, 0) is 24.0 Å². The minimum atomic E-state index is -1.82. The van der Waals surface area contributed by atoms with E-state index in [9.17, 15) is 20.1 Å². The van der Waals surface area contributed by atoms with Gasteiger partial charge in [0.25, 0.3) is 6.29 Å². The molecule has 2 aliphatic rings. The zero-order chi connectivity index (χ0) is 19.7. The Bertz CT molecular complexity index is 676. The van der Waals surface area contributed by atoms with Crippen molar-refractivity contribution in [1.29, 1.82) is 0 Å². The summed E-state index contributed by atoms with van der Waals surface area (Å²) in [5, 5.41) is 38.7. The molecule has 8 N–H and O–H groups in total. The Kier molecular flexibility index (Phi) is 5.51. The normalized spacial score (nSPS) is 31.5. The fourth-order valence-corrected chi connectivity index (χ4v) is 3.16. The molecule has 3 rings (SSSR count). The summed E-state index contributed by atoms with van der Waals surface area (Å²) in [5.41, 5.74) is 11.9.